The van der Waals surface area contributed by atoms with Gasteiger partial charge in [0.1, 0.15) is 13.2 Å². The first-order valence-electron chi connectivity index (χ1n) is 27.4. The van der Waals surface area contributed by atoms with E-state index in [0.29, 0.717) is 69.1 Å². The summed E-state index contributed by atoms with van der Waals surface area (Å²) in [5.41, 5.74) is 15.7. The quantitative estimate of drug-likeness (QED) is 0.148. The van der Waals surface area contributed by atoms with Gasteiger partial charge in [-0.3, -0.25) is 9.80 Å². The van der Waals surface area contributed by atoms with Crippen LogP contribution in [0.5, 0.6) is 0 Å². The van der Waals surface area contributed by atoms with Gasteiger partial charge in [-0.15, -0.1) is 22.1 Å². The van der Waals surface area contributed by atoms with E-state index in [2.05, 4.69) is 144 Å². The summed E-state index contributed by atoms with van der Waals surface area (Å²) in [7, 11) is 0. The topological polar surface area (TPSA) is 113 Å². The Morgan fingerprint density at radius 3 is 1.09 bits per heavy atom. The number of hydrogen-bond acceptors (Lipinski definition) is 6. The fourth-order valence-corrected chi connectivity index (χ4v) is 11.0. The Morgan fingerprint density at radius 1 is 0.443 bits per heavy atom. The number of ether oxygens (including phenoxy) is 2. The van der Waals surface area contributed by atoms with E-state index in [-0.39, 0.29) is 63.7 Å². The van der Waals surface area contributed by atoms with Crippen LogP contribution in [0.2, 0.25) is 0 Å². The number of aromatic nitrogens is 4. The van der Waals surface area contributed by atoms with Crippen LogP contribution in [0.25, 0.3) is 68.6 Å². The fraction of sp³-hybridized carbons (Fsp3) is 0.324. The van der Waals surface area contributed by atoms with E-state index in [1.54, 1.807) is 9.80 Å². The smallest absolute Gasteiger partial charge is 0.656 e. The van der Waals surface area contributed by atoms with Crippen molar-refractivity contribution in [1.82, 2.24) is 19.9 Å². The van der Waals surface area contributed by atoms with Gasteiger partial charge in [0.25, 0.3) is 0 Å². The standard InChI is InChI=1S/C68H70N6O4.Co/c1-65(2,3)45-33-43(34-46(37-45)66(4,5)6)59-51-23-27-55(69-51)61(73-49(39-77-63(73)75)31-41-19-15-13-16-20-41)57-29-25-53(71-57)60(44-35-47(67(7,8)9)38-48(36-44)68(10,11)12)54-26-30-58(72-54)62(56-28-24-52(59)70-56)74-50(40-78-64(74)76)32-42-21-17-14-18-22-42;/h13-30,33-38,49-50H,31-32,39-40H2,1-12H3;/q-2;+2. The SMILES string of the molecule is CC(C)(C)c1cc(-c2c3nc(c(N4C(=O)OCC4Cc4ccccc4)c4ccc([n-]4)c(-c4cc(C(C)(C)C)cc(C(C)(C)C)c4)c4nc(c(N5C(=O)OCC5Cc5ccccc5)c5ccc2[n-]5)C=C4)C=C3)cc(C(C)(C)C)c1.[Co+2]. The van der Waals surface area contributed by atoms with Gasteiger partial charge in [-0.2, -0.15) is 0 Å². The average molecular weight is 1090 g/mol. The molecule has 11 heteroatoms. The van der Waals surface area contributed by atoms with Crippen LogP contribution in [0.4, 0.5) is 21.0 Å². The average Bonchev–Trinajstić information content (AvgIpc) is 4.46. The van der Waals surface area contributed by atoms with Gasteiger partial charge in [0.05, 0.1) is 46.2 Å². The van der Waals surface area contributed by atoms with Gasteiger partial charge in [0, 0.05) is 0 Å². The Hall–Kier alpha value is -7.47. The van der Waals surface area contributed by atoms with E-state index >= 15 is 0 Å². The Balaban J connectivity index is 0.00000704. The number of anilines is 2. The molecule has 0 spiro atoms. The van der Waals surface area contributed by atoms with Gasteiger partial charge in [-0.1, -0.05) is 204 Å². The molecule has 0 saturated carbocycles. The van der Waals surface area contributed by atoms with Crippen LogP contribution in [-0.2, 0) is 60.8 Å². The first-order valence-corrected chi connectivity index (χ1v) is 27.4. The van der Waals surface area contributed by atoms with Crippen molar-refractivity contribution in [3.63, 3.8) is 0 Å². The van der Waals surface area contributed by atoms with Crippen molar-refractivity contribution in [2.24, 2.45) is 0 Å². The second kappa shape index (κ2) is 20.6. The third-order valence-electron chi connectivity index (χ3n) is 15.5. The molecule has 2 unspecified atom stereocenters. The molecule has 7 heterocycles. The molecule has 8 bridgehead atoms. The van der Waals surface area contributed by atoms with E-state index in [9.17, 15) is 9.59 Å². The summed E-state index contributed by atoms with van der Waals surface area (Å²) in [5.74, 6) is 0. The summed E-state index contributed by atoms with van der Waals surface area (Å²) in [6.07, 6.45) is 8.26. The van der Waals surface area contributed by atoms with E-state index in [1.807, 2.05) is 85.0 Å². The molecule has 2 amide bonds. The van der Waals surface area contributed by atoms with Crippen LogP contribution < -0.4 is 19.8 Å². The molecule has 4 aliphatic rings. The molecule has 79 heavy (non-hydrogen) atoms. The van der Waals surface area contributed by atoms with Crippen molar-refractivity contribution in [3.05, 3.63) is 177 Å². The number of fused-ring (bicyclic) bond motifs is 8. The van der Waals surface area contributed by atoms with Gasteiger partial charge in [-0.05, 0) is 114 Å². The minimum atomic E-state index is -0.456. The summed E-state index contributed by atoms with van der Waals surface area (Å²) in [6, 6.07) is 41.4. The second-order valence-electron chi connectivity index (χ2n) is 25.5. The Labute approximate surface area is 475 Å². The van der Waals surface area contributed by atoms with Crippen LogP contribution in [0.1, 0.15) is 139 Å². The maximum absolute atomic E-state index is 14.5. The monoisotopic (exact) mass is 1090 g/mol. The number of amides is 2. The number of benzene rings is 4. The molecule has 2 fully saturated rings. The van der Waals surface area contributed by atoms with Crippen LogP contribution >= 0.6 is 0 Å². The molecule has 7 aromatic rings. The molecule has 11 rings (SSSR count). The van der Waals surface area contributed by atoms with Crippen molar-refractivity contribution in [2.75, 3.05) is 23.0 Å². The third-order valence-corrected chi connectivity index (χ3v) is 15.5. The number of rotatable bonds is 8. The minimum Gasteiger partial charge on any atom is -0.656 e. The van der Waals surface area contributed by atoms with Gasteiger partial charge in [0.15, 0.2) is 0 Å². The first kappa shape index (κ1) is 54.9. The van der Waals surface area contributed by atoms with E-state index in [4.69, 9.17) is 29.4 Å². The van der Waals surface area contributed by atoms with Crippen molar-refractivity contribution < 1.29 is 35.8 Å². The Kier molecular flexibility index (Phi) is 14.3. The van der Waals surface area contributed by atoms with Gasteiger partial charge in [0.2, 0.25) is 0 Å². The third kappa shape index (κ3) is 10.9. The summed E-state index contributed by atoms with van der Waals surface area (Å²) >= 11 is 0. The Morgan fingerprint density at radius 2 is 0.759 bits per heavy atom. The molecule has 10 nitrogen and oxygen atoms in total. The van der Waals surface area contributed by atoms with E-state index < -0.39 is 12.2 Å². The largest absolute Gasteiger partial charge is 2.00 e. The van der Waals surface area contributed by atoms with Gasteiger partial charge >= 0.3 is 29.0 Å². The normalized spacial score (nSPS) is 16.6. The maximum atomic E-state index is 14.5. The molecule has 2 saturated heterocycles. The molecule has 3 aromatic heterocycles. The van der Waals surface area contributed by atoms with Crippen LogP contribution in [0.3, 0.4) is 0 Å². The molecule has 0 N–H and O–H groups in total. The minimum absolute atomic E-state index is 0. The number of nitrogens with zero attached hydrogens (tertiary/aromatic N) is 6. The summed E-state index contributed by atoms with van der Waals surface area (Å²) in [4.78, 5) is 54.8. The maximum Gasteiger partial charge on any atom is 2.00 e. The first-order chi connectivity index (χ1) is 37.0. The van der Waals surface area contributed by atoms with Crippen molar-refractivity contribution >= 4 is 69.9 Å². The van der Waals surface area contributed by atoms with Gasteiger partial charge in [-0.25, -0.2) is 19.6 Å². The van der Waals surface area contributed by atoms with Crippen molar-refractivity contribution in [2.45, 2.75) is 130 Å². The van der Waals surface area contributed by atoms with Crippen LogP contribution in [0.15, 0.2) is 121 Å². The van der Waals surface area contributed by atoms with Gasteiger partial charge < -0.3 is 19.4 Å². The molecule has 0 aliphatic carbocycles. The van der Waals surface area contributed by atoms with Crippen molar-refractivity contribution in [1.29, 1.82) is 0 Å². The molecule has 4 aliphatic heterocycles. The number of hydrogen-bond donors (Lipinski definition) is 0. The van der Waals surface area contributed by atoms with E-state index in [0.717, 1.165) is 33.4 Å². The molecule has 1 radical (unpaired) electrons. The molecular weight excluding hydrogens is 1020 g/mol. The number of cyclic esters (lactones) is 2. The predicted octanol–water partition coefficient (Wildman–Crippen LogP) is 15.6. The number of carbonyl (C=O) groups excluding carboxylic acids is 2. The zero-order chi connectivity index (χ0) is 55.1. The molecular formula is C68H70CoN6O4. The van der Waals surface area contributed by atoms with Crippen LogP contribution in [-0.4, -0.2) is 47.5 Å². The molecule has 2 atom stereocenters. The second-order valence-corrected chi connectivity index (χ2v) is 25.5. The fourth-order valence-electron chi connectivity index (χ4n) is 11.0. The Bertz CT molecular complexity index is 3440. The number of carbonyl (C=O) groups is 2. The van der Waals surface area contributed by atoms with Crippen molar-refractivity contribution in [3.8, 4) is 22.3 Å². The van der Waals surface area contributed by atoms with Crippen LogP contribution in [0, 0.1) is 0 Å². The summed E-state index contributed by atoms with van der Waals surface area (Å²) in [6.45, 7) is 27.2. The summed E-state index contributed by atoms with van der Waals surface area (Å²) < 4.78 is 12.0. The molecule has 405 valence electrons. The van der Waals surface area contributed by atoms with E-state index in [1.165, 1.54) is 22.3 Å². The predicted molar refractivity (Wildman–Crippen MR) is 318 cm³/mol. The zero-order valence-electron chi connectivity index (χ0n) is 47.5. The summed E-state index contributed by atoms with van der Waals surface area (Å²) in [5, 5.41) is 0. The zero-order valence-corrected chi connectivity index (χ0v) is 48.5. The molecule has 4 aromatic carbocycles.